The van der Waals surface area contributed by atoms with Crippen LogP contribution in [0.4, 0.5) is 6.01 Å². The molecule has 1 amide bonds. The van der Waals surface area contributed by atoms with Crippen LogP contribution in [0.25, 0.3) is 11.5 Å². The van der Waals surface area contributed by atoms with Gasteiger partial charge in [0.05, 0.1) is 13.0 Å². The number of rotatable bonds is 2. The number of nitrogens with zero attached hydrogens (tertiary/aromatic N) is 3. The summed E-state index contributed by atoms with van der Waals surface area (Å²) < 4.78 is 5.36. The number of carbonyl (C=O) groups is 2. The first-order valence-electron chi connectivity index (χ1n) is 5.58. The van der Waals surface area contributed by atoms with Gasteiger partial charge >= 0.3 is 6.01 Å². The fourth-order valence-electron chi connectivity index (χ4n) is 1.80. The number of amides is 1. The topological polar surface area (TPSA) is 96.5 Å². The van der Waals surface area contributed by atoms with Crippen LogP contribution in [0.1, 0.15) is 6.42 Å². The van der Waals surface area contributed by atoms with E-state index in [4.69, 9.17) is 4.42 Å². The average Bonchev–Trinajstić information content (AvgIpc) is 2.97. The number of hydrogen-bond donors (Lipinski definition) is 1. The molecular weight excluding hydrogens is 250 g/mol. The van der Waals surface area contributed by atoms with Gasteiger partial charge in [0.1, 0.15) is 5.75 Å². The van der Waals surface area contributed by atoms with Crippen molar-refractivity contribution in [1.82, 2.24) is 10.2 Å². The zero-order valence-electron chi connectivity index (χ0n) is 9.74. The molecule has 0 spiro atoms. The van der Waals surface area contributed by atoms with Gasteiger partial charge in [-0.05, 0) is 24.3 Å². The van der Waals surface area contributed by atoms with Crippen molar-refractivity contribution in [3.8, 4) is 17.2 Å². The molecule has 0 bridgehead atoms. The maximum atomic E-state index is 11.5. The number of aromatic hydroxyl groups is 1. The minimum atomic E-state index is -0.342. The lowest BCUT2D eigenvalue weighted by Crippen LogP contribution is -2.24. The van der Waals surface area contributed by atoms with Crippen molar-refractivity contribution in [2.75, 3.05) is 11.4 Å². The zero-order chi connectivity index (χ0) is 13.4. The van der Waals surface area contributed by atoms with E-state index in [0.717, 1.165) is 0 Å². The Hall–Kier alpha value is -2.70. The number of hydrogen-bond acceptors (Lipinski definition) is 6. The lowest BCUT2D eigenvalue weighted by molar-refractivity contribution is -0.121. The maximum absolute atomic E-state index is 11.5. The van der Waals surface area contributed by atoms with E-state index < -0.39 is 0 Å². The highest BCUT2D eigenvalue weighted by molar-refractivity contribution is 6.14. The second-order valence-electron chi connectivity index (χ2n) is 4.13. The predicted octanol–water partition coefficient (Wildman–Crippen LogP) is 0.748. The van der Waals surface area contributed by atoms with Crippen LogP contribution in [0, 0.1) is 0 Å². The Morgan fingerprint density at radius 2 is 1.89 bits per heavy atom. The van der Waals surface area contributed by atoms with Crippen LogP contribution in [0.3, 0.4) is 0 Å². The first-order valence-corrected chi connectivity index (χ1v) is 5.58. The third-order valence-corrected chi connectivity index (χ3v) is 2.74. The lowest BCUT2D eigenvalue weighted by atomic mass is 10.2. The van der Waals surface area contributed by atoms with E-state index >= 15 is 0 Å². The van der Waals surface area contributed by atoms with Gasteiger partial charge in [-0.25, -0.2) is 0 Å². The van der Waals surface area contributed by atoms with Gasteiger partial charge in [0.2, 0.25) is 11.8 Å². The molecule has 0 radical (unpaired) electrons. The van der Waals surface area contributed by atoms with Crippen molar-refractivity contribution in [1.29, 1.82) is 0 Å². The molecule has 0 atom stereocenters. The van der Waals surface area contributed by atoms with Crippen LogP contribution in [0.5, 0.6) is 5.75 Å². The van der Waals surface area contributed by atoms with Crippen LogP contribution in [0.15, 0.2) is 28.7 Å². The molecule has 2 heterocycles. The van der Waals surface area contributed by atoms with Gasteiger partial charge in [-0.2, -0.15) is 0 Å². The van der Waals surface area contributed by atoms with E-state index in [0.29, 0.717) is 5.56 Å². The number of benzene rings is 1. The number of aromatic nitrogens is 2. The van der Waals surface area contributed by atoms with Crippen molar-refractivity contribution >= 4 is 17.7 Å². The van der Waals surface area contributed by atoms with Crippen molar-refractivity contribution in [3.05, 3.63) is 24.3 Å². The van der Waals surface area contributed by atoms with Gasteiger partial charge in [0.15, 0.2) is 5.78 Å². The van der Waals surface area contributed by atoms with Crippen LogP contribution in [-0.4, -0.2) is 33.5 Å². The third kappa shape index (κ3) is 2.05. The molecule has 1 N–H and O–H groups in total. The van der Waals surface area contributed by atoms with Crippen molar-refractivity contribution < 1.29 is 19.1 Å². The molecule has 0 saturated carbocycles. The van der Waals surface area contributed by atoms with Crippen LogP contribution < -0.4 is 4.90 Å². The summed E-state index contributed by atoms with van der Waals surface area (Å²) in [7, 11) is 0. The maximum Gasteiger partial charge on any atom is 0.325 e. The number of phenols is 1. The van der Waals surface area contributed by atoms with Crippen LogP contribution >= 0.6 is 0 Å². The Morgan fingerprint density at radius 3 is 2.53 bits per heavy atom. The minimum Gasteiger partial charge on any atom is -0.508 e. The molecule has 7 nitrogen and oxygen atoms in total. The summed E-state index contributed by atoms with van der Waals surface area (Å²) in [5.74, 6) is -0.161. The van der Waals surface area contributed by atoms with E-state index in [1.165, 1.54) is 17.0 Å². The molecule has 0 aliphatic carbocycles. The smallest absolute Gasteiger partial charge is 0.325 e. The van der Waals surface area contributed by atoms with Crippen LogP contribution in [-0.2, 0) is 9.59 Å². The fraction of sp³-hybridized carbons (Fsp3) is 0.167. The standard InChI is InChI=1S/C12H9N3O4/c16-8-3-1-7(2-4-8)11-13-14-12(19-11)15-6-9(17)5-10(15)18/h1-4,16H,5-6H2. The highest BCUT2D eigenvalue weighted by atomic mass is 16.4. The molecule has 1 fully saturated rings. The highest BCUT2D eigenvalue weighted by Crippen LogP contribution is 2.25. The molecule has 0 unspecified atom stereocenters. The summed E-state index contributed by atoms with van der Waals surface area (Å²) in [6.07, 6.45) is -0.128. The number of carbonyl (C=O) groups excluding carboxylic acids is 2. The Morgan fingerprint density at radius 1 is 1.16 bits per heavy atom. The van der Waals surface area contributed by atoms with Crippen molar-refractivity contribution in [2.24, 2.45) is 0 Å². The van der Waals surface area contributed by atoms with Gasteiger partial charge < -0.3 is 9.52 Å². The van der Waals surface area contributed by atoms with E-state index in [1.54, 1.807) is 12.1 Å². The van der Waals surface area contributed by atoms with Gasteiger partial charge in [0, 0.05) is 5.56 Å². The molecule has 3 rings (SSSR count). The van der Waals surface area contributed by atoms with Crippen molar-refractivity contribution in [3.63, 3.8) is 0 Å². The molecule has 1 aliphatic heterocycles. The first kappa shape index (κ1) is 11.4. The van der Waals surface area contributed by atoms with E-state index in [-0.39, 0.29) is 42.3 Å². The lowest BCUT2D eigenvalue weighted by Gasteiger charge is -2.06. The van der Waals surface area contributed by atoms with Gasteiger partial charge in [-0.15, -0.1) is 5.10 Å². The second-order valence-corrected chi connectivity index (χ2v) is 4.13. The molecular formula is C12H9N3O4. The summed E-state index contributed by atoms with van der Waals surface area (Å²) in [4.78, 5) is 23.9. The summed E-state index contributed by atoms with van der Waals surface area (Å²) in [5, 5.41) is 16.8. The Bertz CT molecular complexity index is 647. The molecule has 7 heteroatoms. The largest absolute Gasteiger partial charge is 0.508 e. The molecule has 1 aromatic carbocycles. The first-order chi connectivity index (χ1) is 9.13. The normalized spacial score (nSPS) is 15.3. The van der Waals surface area contributed by atoms with Gasteiger partial charge in [0.25, 0.3) is 0 Å². The van der Waals surface area contributed by atoms with Crippen LogP contribution in [0.2, 0.25) is 0 Å². The Balaban J connectivity index is 1.89. The second kappa shape index (κ2) is 4.20. The molecule has 96 valence electrons. The SMILES string of the molecule is O=C1CC(=O)N(c2nnc(-c3ccc(O)cc3)o2)C1. The Kier molecular flexibility index (Phi) is 2.52. The molecule has 1 aliphatic rings. The highest BCUT2D eigenvalue weighted by Gasteiger charge is 2.32. The van der Waals surface area contributed by atoms with Crippen molar-refractivity contribution in [2.45, 2.75) is 6.42 Å². The summed E-state index contributed by atoms with van der Waals surface area (Å²) in [6, 6.07) is 6.22. The van der Waals surface area contributed by atoms with E-state index in [9.17, 15) is 14.7 Å². The van der Waals surface area contributed by atoms with E-state index in [1.807, 2.05) is 0 Å². The fourth-order valence-corrected chi connectivity index (χ4v) is 1.80. The zero-order valence-corrected chi connectivity index (χ0v) is 9.74. The number of phenolic OH excluding ortho intramolecular Hbond substituents is 1. The minimum absolute atomic E-state index is 0.0129. The quantitative estimate of drug-likeness (QED) is 0.799. The molecule has 19 heavy (non-hydrogen) atoms. The number of anilines is 1. The molecule has 2 aromatic rings. The van der Waals surface area contributed by atoms with E-state index in [2.05, 4.69) is 10.2 Å². The molecule has 1 saturated heterocycles. The summed E-state index contributed by atoms with van der Waals surface area (Å²) in [6.45, 7) is -0.0317. The Labute approximate surface area is 107 Å². The predicted molar refractivity (Wildman–Crippen MR) is 63.4 cm³/mol. The number of Topliss-reactive ketones (excluding diaryl/α,β-unsaturated/α-hetero) is 1. The van der Waals surface area contributed by atoms with Gasteiger partial charge in [-0.1, -0.05) is 5.10 Å². The monoisotopic (exact) mass is 259 g/mol. The number of ketones is 1. The summed E-state index contributed by atoms with van der Waals surface area (Å²) in [5.41, 5.74) is 0.620. The summed E-state index contributed by atoms with van der Waals surface area (Å²) >= 11 is 0. The third-order valence-electron chi connectivity index (χ3n) is 2.74. The van der Waals surface area contributed by atoms with Gasteiger partial charge in [-0.3, -0.25) is 14.5 Å². The molecule has 1 aromatic heterocycles. The average molecular weight is 259 g/mol.